The minimum atomic E-state index is -2.27. The van der Waals surface area contributed by atoms with Crippen LogP contribution < -0.4 is 15.4 Å². The van der Waals surface area contributed by atoms with Crippen LogP contribution in [0.5, 0.6) is 5.75 Å². The minimum Gasteiger partial charge on any atom is -0.497 e. The second-order valence-corrected chi connectivity index (χ2v) is 8.39. The maximum atomic E-state index is 12.8. The molecule has 0 aliphatic rings. The van der Waals surface area contributed by atoms with Crippen LogP contribution in [0.1, 0.15) is 25.8 Å². The van der Waals surface area contributed by atoms with Gasteiger partial charge in [-0.3, -0.25) is 14.2 Å². The third kappa shape index (κ3) is 8.14. The number of hydrogen-bond acceptors (Lipinski definition) is 5. The van der Waals surface area contributed by atoms with Crippen molar-refractivity contribution in [1.82, 2.24) is 10.6 Å². The first-order valence-electron chi connectivity index (χ1n) is 9.02. The van der Waals surface area contributed by atoms with Gasteiger partial charge in [-0.25, -0.2) is 0 Å². The maximum Gasteiger partial charge on any atom is 0.242 e. The van der Waals surface area contributed by atoms with Gasteiger partial charge in [0.05, 0.1) is 7.11 Å². The molecule has 0 saturated carbocycles. The van der Waals surface area contributed by atoms with Crippen LogP contribution in [0.25, 0.3) is 0 Å². The molecule has 0 aromatic heterocycles. The van der Waals surface area contributed by atoms with Crippen molar-refractivity contribution in [2.75, 3.05) is 27.4 Å². The van der Waals surface area contributed by atoms with E-state index in [2.05, 4.69) is 10.6 Å². The predicted octanol–water partition coefficient (Wildman–Crippen LogP) is 2.25. The molecule has 1 aromatic carbocycles. The van der Waals surface area contributed by atoms with Gasteiger partial charge in [0, 0.05) is 32.7 Å². The molecule has 0 aliphatic carbocycles. The fourth-order valence-electron chi connectivity index (χ4n) is 2.81. The Balaban J connectivity index is 2.89. The van der Waals surface area contributed by atoms with Crippen molar-refractivity contribution in [1.29, 1.82) is 0 Å². The van der Waals surface area contributed by atoms with E-state index >= 15 is 0 Å². The summed E-state index contributed by atoms with van der Waals surface area (Å²) in [7, 11) is 2.23. The first kappa shape index (κ1) is 23.2. The van der Waals surface area contributed by atoms with Crippen LogP contribution in [0.15, 0.2) is 24.3 Å². The summed E-state index contributed by atoms with van der Waals surface area (Å²) in [6.07, 6.45) is 1.10. The van der Waals surface area contributed by atoms with Crippen molar-refractivity contribution >= 4 is 19.8 Å². The van der Waals surface area contributed by atoms with Crippen LogP contribution in [-0.2, 0) is 25.1 Å². The van der Waals surface area contributed by atoms with E-state index in [1.165, 1.54) is 14.2 Å². The predicted molar refractivity (Wildman–Crippen MR) is 107 cm³/mol. The lowest BCUT2D eigenvalue weighted by Gasteiger charge is -2.23. The van der Waals surface area contributed by atoms with Crippen molar-refractivity contribution in [2.45, 2.75) is 32.7 Å². The molecule has 152 valence electrons. The van der Waals surface area contributed by atoms with Gasteiger partial charge in [-0.1, -0.05) is 26.0 Å². The Kier molecular flexibility index (Phi) is 10.1. The van der Waals surface area contributed by atoms with Gasteiger partial charge in [0.15, 0.2) is 8.03 Å². The molecule has 0 radical (unpaired) electrons. The first-order valence-corrected chi connectivity index (χ1v) is 10.5. The number of benzene rings is 1. The quantitative estimate of drug-likeness (QED) is 0.558. The molecular formula is C19H31N2O5P. The first-order chi connectivity index (χ1) is 12.8. The zero-order chi connectivity index (χ0) is 20.4. The molecule has 0 bridgehead atoms. The molecule has 27 heavy (non-hydrogen) atoms. The number of methoxy groups -OCH3 is 1. The van der Waals surface area contributed by atoms with Gasteiger partial charge in [0.2, 0.25) is 11.8 Å². The van der Waals surface area contributed by atoms with Crippen molar-refractivity contribution in [3.05, 3.63) is 29.8 Å². The summed E-state index contributed by atoms with van der Waals surface area (Å²) < 4.78 is 21.8. The smallest absolute Gasteiger partial charge is 0.242 e. The van der Waals surface area contributed by atoms with E-state index < -0.39 is 20.0 Å². The third-order valence-corrected chi connectivity index (χ3v) is 5.53. The largest absolute Gasteiger partial charge is 0.497 e. The second kappa shape index (κ2) is 11.8. The molecule has 2 amide bonds. The van der Waals surface area contributed by atoms with E-state index in [-0.39, 0.29) is 23.9 Å². The molecule has 2 N–H and O–H groups in total. The monoisotopic (exact) mass is 398 g/mol. The molecular weight excluding hydrogens is 367 g/mol. The van der Waals surface area contributed by atoms with Crippen LogP contribution in [0.2, 0.25) is 0 Å². The van der Waals surface area contributed by atoms with Crippen molar-refractivity contribution in [3.63, 3.8) is 0 Å². The summed E-state index contributed by atoms with van der Waals surface area (Å²) in [6, 6.07) is 6.62. The SMILES string of the molecule is CNC(=O)C(Cc1ccc(OC)cc1)NC(=O)C(CC(C)C)C[PH](=O)OC. The Bertz CT molecular complexity index is 633. The average Bonchev–Trinajstić information content (AvgIpc) is 2.66. The van der Waals surface area contributed by atoms with E-state index in [1.54, 1.807) is 7.11 Å². The molecule has 8 heteroatoms. The molecule has 0 heterocycles. The second-order valence-electron chi connectivity index (χ2n) is 6.83. The van der Waals surface area contributed by atoms with E-state index in [0.717, 1.165) is 11.3 Å². The summed E-state index contributed by atoms with van der Waals surface area (Å²) in [5, 5.41) is 5.41. The number of hydrogen-bond donors (Lipinski definition) is 2. The van der Waals surface area contributed by atoms with E-state index in [1.807, 2.05) is 38.1 Å². The van der Waals surface area contributed by atoms with E-state index in [4.69, 9.17) is 9.26 Å². The zero-order valence-corrected chi connectivity index (χ0v) is 17.7. The Labute approximate surface area is 162 Å². The number of likely N-dealkylation sites (N-methyl/N-ethyl adjacent to an activating group) is 1. The number of nitrogens with one attached hydrogen (secondary N) is 2. The fraction of sp³-hybridized carbons (Fsp3) is 0.579. The summed E-state index contributed by atoms with van der Waals surface area (Å²) >= 11 is 0. The number of ether oxygens (including phenoxy) is 1. The zero-order valence-electron chi connectivity index (χ0n) is 16.7. The number of carbonyl (C=O) groups is 2. The van der Waals surface area contributed by atoms with E-state index in [9.17, 15) is 14.2 Å². The van der Waals surface area contributed by atoms with Gasteiger partial charge in [0.25, 0.3) is 0 Å². The lowest BCUT2D eigenvalue weighted by Crippen LogP contribution is -2.49. The Hall–Kier alpha value is -1.85. The molecule has 0 aliphatic heterocycles. The van der Waals surface area contributed by atoms with Crippen LogP contribution in [0.3, 0.4) is 0 Å². The van der Waals surface area contributed by atoms with Crippen LogP contribution in [-0.4, -0.2) is 45.3 Å². The highest BCUT2D eigenvalue weighted by Gasteiger charge is 2.27. The van der Waals surface area contributed by atoms with Crippen molar-refractivity contribution < 1.29 is 23.4 Å². The molecule has 3 unspecified atom stereocenters. The minimum absolute atomic E-state index is 0.175. The Morgan fingerprint density at radius 3 is 2.22 bits per heavy atom. The van der Waals surface area contributed by atoms with Gasteiger partial charge < -0.3 is 19.9 Å². The number of rotatable bonds is 11. The van der Waals surface area contributed by atoms with Crippen LogP contribution in [0.4, 0.5) is 0 Å². The molecule has 0 saturated heterocycles. The van der Waals surface area contributed by atoms with Crippen molar-refractivity contribution in [3.8, 4) is 5.75 Å². The highest BCUT2D eigenvalue weighted by atomic mass is 31.1. The van der Waals surface area contributed by atoms with Gasteiger partial charge >= 0.3 is 0 Å². The summed E-state index contributed by atoms with van der Waals surface area (Å²) in [5.74, 6) is -0.0316. The van der Waals surface area contributed by atoms with Crippen LogP contribution >= 0.6 is 8.03 Å². The standard InChI is InChI=1S/C19H31N2O5P/c1-13(2)10-15(12-27(24)26-5)18(22)21-17(19(23)20-3)11-14-6-8-16(25-4)9-7-14/h6-9,13,15,17,27H,10-12H2,1-5H3,(H,20,23)(H,21,22). The van der Waals surface area contributed by atoms with Gasteiger partial charge in [-0.05, 0) is 30.0 Å². The molecule has 0 fully saturated rings. The highest BCUT2D eigenvalue weighted by molar-refractivity contribution is 7.39. The Morgan fingerprint density at radius 2 is 1.74 bits per heavy atom. The molecule has 1 aromatic rings. The van der Waals surface area contributed by atoms with Gasteiger partial charge in [-0.15, -0.1) is 0 Å². The lowest BCUT2D eigenvalue weighted by molar-refractivity contribution is -0.130. The summed E-state index contributed by atoms with van der Waals surface area (Å²) in [6.45, 7) is 4.00. The topological polar surface area (TPSA) is 93.7 Å². The van der Waals surface area contributed by atoms with E-state index in [0.29, 0.717) is 12.8 Å². The molecule has 1 rings (SSSR count). The van der Waals surface area contributed by atoms with Gasteiger partial charge in [-0.2, -0.15) is 0 Å². The summed E-state index contributed by atoms with van der Waals surface area (Å²) in [4.78, 5) is 25.0. The molecule has 0 spiro atoms. The highest BCUT2D eigenvalue weighted by Crippen LogP contribution is 2.28. The van der Waals surface area contributed by atoms with Gasteiger partial charge in [0.1, 0.15) is 11.8 Å². The number of carbonyl (C=O) groups excluding carboxylic acids is 2. The Morgan fingerprint density at radius 1 is 1.11 bits per heavy atom. The molecule has 7 nitrogen and oxygen atoms in total. The molecule has 3 atom stereocenters. The third-order valence-electron chi connectivity index (χ3n) is 4.25. The summed E-state index contributed by atoms with van der Waals surface area (Å²) in [5.41, 5.74) is 0.899. The van der Waals surface area contributed by atoms with Crippen molar-refractivity contribution in [2.24, 2.45) is 11.8 Å². The number of amides is 2. The fourth-order valence-corrected chi connectivity index (χ4v) is 3.73. The average molecular weight is 398 g/mol. The lowest BCUT2D eigenvalue weighted by atomic mass is 9.97. The van der Waals surface area contributed by atoms with Crippen LogP contribution in [0, 0.1) is 11.8 Å². The normalized spacial score (nSPS) is 14.3. The maximum absolute atomic E-state index is 12.8.